The average Bonchev–Trinajstić information content (AvgIpc) is 2.49. The number of anilines is 1. The maximum Gasteiger partial charge on any atom is 0.287 e. The van der Waals surface area contributed by atoms with Gasteiger partial charge in [-0.25, -0.2) is 4.68 Å². The molecule has 0 aliphatic carbocycles. The zero-order valence-electron chi connectivity index (χ0n) is 11.3. The number of hydrogen-bond donors (Lipinski definition) is 1. The van der Waals surface area contributed by atoms with Gasteiger partial charge in [-0.3, -0.25) is 9.78 Å². The highest BCUT2D eigenvalue weighted by atomic mass is 35.5. The van der Waals surface area contributed by atoms with Crippen molar-refractivity contribution in [1.82, 2.24) is 14.8 Å². The Kier molecular flexibility index (Phi) is 5.12. The molecular formula is C14H17ClN4O. The van der Waals surface area contributed by atoms with E-state index in [1.54, 1.807) is 18.6 Å². The Bertz CT molecular complexity index is 612. The van der Waals surface area contributed by atoms with Crippen molar-refractivity contribution >= 4 is 17.3 Å². The highest BCUT2D eigenvalue weighted by Crippen LogP contribution is 2.16. The fraction of sp³-hybridized carbons (Fsp3) is 0.357. The standard InChI is InChI=1S/C14H17ClN4O/c1-2-3-7-19-14(20)13(15)12(10-18-19)17-9-11-5-4-6-16-8-11/h4-6,8,10,17H,2-3,7,9H2,1H3. The number of unbranched alkanes of at least 4 members (excludes halogenated alkanes) is 1. The van der Waals surface area contributed by atoms with E-state index >= 15 is 0 Å². The van der Waals surface area contributed by atoms with Gasteiger partial charge < -0.3 is 5.32 Å². The summed E-state index contributed by atoms with van der Waals surface area (Å²) in [5, 5.41) is 7.42. The maximum atomic E-state index is 12.0. The molecule has 0 radical (unpaired) electrons. The van der Waals surface area contributed by atoms with Gasteiger partial charge in [0.25, 0.3) is 5.56 Å². The molecule has 0 saturated carbocycles. The highest BCUT2D eigenvalue weighted by Gasteiger charge is 2.08. The summed E-state index contributed by atoms with van der Waals surface area (Å²) in [5.74, 6) is 0. The Labute approximate surface area is 122 Å². The van der Waals surface area contributed by atoms with E-state index < -0.39 is 0 Å². The molecule has 0 fully saturated rings. The molecule has 0 aliphatic heterocycles. The van der Waals surface area contributed by atoms with Crippen molar-refractivity contribution in [3.63, 3.8) is 0 Å². The van der Waals surface area contributed by atoms with Gasteiger partial charge in [0.05, 0.1) is 11.9 Å². The van der Waals surface area contributed by atoms with Crippen LogP contribution in [0.25, 0.3) is 0 Å². The molecule has 1 N–H and O–H groups in total. The molecule has 2 aromatic heterocycles. The number of halogens is 1. The van der Waals surface area contributed by atoms with E-state index in [0.29, 0.717) is 18.8 Å². The molecule has 0 atom stereocenters. The van der Waals surface area contributed by atoms with Crippen LogP contribution in [0.2, 0.25) is 5.02 Å². The second-order valence-corrected chi connectivity index (χ2v) is 4.85. The molecule has 5 nitrogen and oxygen atoms in total. The summed E-state index contributed by atoms with van der Waals surface area (Å²) >= 11 is 6.09. The van der Waals surface area contributed by atoms with Gasteiger partial charge in [0, 0.05) is 25.5 Å². The lowest BCUT2D eigenvalue weighted by molar-refractivity contribution is 0.543. The molecule has 0 bridgehead atoms. The number of rotatable bonds is 6. The second kappa shape index (κ2) is 7.05. The zero-order chi connectivity index (χ0) is 14.4. The van der Waals surface area contributed by atoms with E-state index in [4.69, 9.17) is 11.6 Å². The van der Waals surface area contributed by atoms with Crippen molar-refractivity contribution < 1.29 is 0 Å². The molecule has 0 amide bonds. The third kappa shape index (κ3) is 3.57. The number of nitrogens with one attached hydrogen (secondary N) is 1. The van der Waals surface area contributed by atoms with E-state index in [0.717, 1.165) is 18.4 Å². The van der Waals surface area contributed by atoms with Gasteiger partial charge in [0.15, 0.2) is 0 Å². The Morgan fingerprint density at radius 2 is 2.25 bits per heavy atom. The summed E-state index contributed by atoms with van der Waals surface area (Å²) in [7, 11) is 0. The van der Waals surface area contributed by atoms with Crippen LogP contribution >= 0.6 is 11.6 Å². The molecular weight excluding hydrogens is 276 g/mol. The number of hydrogen-bond acceptors (Lipinski definition) is 4. The lowest BCUT2D eigenvalue weighted by atomic mass is 10.3. The highest BCUT2D eigenvalue weighted by molar-refractivity contribution is 6.32. The van der Waals surface area contributed by atoms with Crippen LogP contribution in [-0.2, 0) is 13.1 Å². The predicted octanol–water partition coefficient (Wildman–Crippen LogP) is 2.70. The fourth-order valence-electron chi connectivity index (χ4n) is 1.76. The molecule has 20 heavy (non-hydrogen) atoms. The van der Waals surface area contributed by atoms with Gasteiger partial charge in [-0.05, 0) is 18.1 Å². The van der Waals surface area contributed by atoms with Crippen molar-refractivity contribution in [2.24, 2.45) is 0 Å². The van der Waals surface area contributed by atoms with E-state index in [9.17, 15) is 4.79 Å². The molecule has 0 aromatic carbocycles. The normalized spacial score (nSPS) is 10.5. The summed E-state index contributed by atoms with van der Waals surface area (Å²) in [4.78, 5) is 16.1. The molecule has 0 aliphatic rings. The maximum absolute atomic E-state index is 12.0. The molecule has 2 aromatic rings. The van der Waals surface area contributed by atoms with Crippen LogP contribution in [0.4, 0.5) is 5.69 Å². The summed E-state index contributed by atoms with van der Waals surface area (Å²) in [6.45, 7) is 3.21. The molecule has 0 spiro atoms. The molecule has 0 unspecified atom stereocenters. The number of nitrogens with zero attached hydrogens (tertiary/aromatic N) is 3. The van der Waals surface area contributed by atoms with Crippen molar-refractivity contribution in [3.8, 4) is 0 Å². The summed E-state index contributed by atoms with van der Waals surface area (Å²) in [5.41, 5.74) is 1.31. The van der Waals surface area contributed by atoms with E-state index in [2.05, 4.69) is 22.3 Å². The molecule has 0 saturated heterocycles. The predicted molar refractivity (Wildman–Crippen MR) is 80.0 cm³/mol. The van der Waals surface area contributed by atoms with Crippen LogP contribution < -0.4 is 10.9 Å². The van der Waals surface area contributed by atoms with E-state index in [1.165, 1.54) is 4.68 Å². The lowest BCUT2D eigenvalue weighted by Crippen LogP contribution is -2.24. The lowest BCUT2D eigenvalue weighted by Gasteiger charge is -2.10. The first-order valence-electron chi connectivity index (χ1n) is 6.60. The van der Waals surface area contributed by atoms with E-state index in [1.807, 2.05) is 12.1 Å². The number of aryl methyl sites for hydroxylation is 1. The Hall–Kier alpha value is -1.88. The molecule has 106 valence electrons. The minimum Gasteiger partial charge on any atom is -0.378 e. The Balaban J connectivity index is 2.09. The van der Waals surface area contributed by atoms with Crippen LogP contribution in [0.5, 0.6) is 0 Å². The van der Waals surface area contributed by atoms with Crippen LogP contribution in [0, 0.1) is 0 Å². The van der Waals surface area contributed by atoms with Gasteiger partial charge >= 0.3 is 0 Å². The summed E-state index contributed by atoms with van der Waals surface area (Å²) in [6, 6.07) is 3.81. The van der Waals surface area contributed by atoms with Crippen LogP contribution in [0.1, 0.15) is 25.3 Å². The van der Waals surface area contributed by atoms with Gasteiger partial charge in [-0.15, -0.1) is 0 Å². The third-order valence-electron chi connectivity index (χ3n) is 2.91. The van der Waals surface area contributed by atoms with Crippen molar-refractivity contribution in [2.45, 2.75) is 32.9 Å². The topological polar surface area (TPSA) is 59.8 Å². The quantitative estimate of drug-likeness (QED) is 0.889. The number of pyridine rings is 1. The first-order valence-corrected chi connectivity index (χ1v) is 6.98. The molecule has 6 heteroatoms. The fourth-order valence-corrected chi connectivity index (χ4v) is 1.97. The smallest absolute Gasteiger partial charge is 0.287 e. The first-order chi connectivity index (χ1) is 9.72. The monoisotopic (exact) mass is 292 g/mol. The minimum absolute atomic E-state index is 0.181. The summed E-state index contributed by atoms with van der Waals surface area (Å²) in [6.07, 6.45) is 6.98. The van der Waals surface area contributed by atoms with Gasteiger partial charge in [0.1, 0.15) is 5.02 Å². The number of aromatic nitrogens is 3. The van der Waals surface area contributed by atoms with Crippen molar-refractivity contribution in [2.75, 3.05) is 5.32 Å². The second-order valence-electron chi connectivity index (χ2n) is 4.47. The average molecular weight is 293 g/mol. The van der Waals surface area contributed by atoms with Crippen LogP contribution in [-0.4, -0.2) is 14.8 Å². The van der Waals surface area contributed by atoms with Crippen LogP contribution in [0.15, 0.2) is 35.5 Å². The zero-order valence-corrected chi connectivity index (χ0v) is 12.1. The largest absolute Gasteiger partial charge is 0.378 e. The summed E-state index contributed by atoms with van der Waals surface area (Å²) < 4.78 is 1.40. The third-order valence-corrected chi connectivity index (χ3v) is 3.28. The van der Waals surface area contributed by atoms with Crippen molar-refractivity contribution in [3.05, 3.63) is 51.7 Å². The van der Waals surface area contributed by atoms with E-state index in [-0.39, 0.29) is 10.6 Å². The molecule has 2 rings (SSSR count). The minimum atomic E-state index is -0.253. The van der Waals surface area contributed by atoms with Gasteiger partial charge in [-0.2, -0.15) is 5.10 Å². The Morgan fingerprint density at radius 1 is 1.40 bits per heavy atom. The van der Waals surface area contributed by atoms with Gasteiger partial charge in [-0.1, -0.05) is 31.0 Å². The van der Waals surface area contributed by atoms with Crippen molar-refractivity contribution in [1.29, 1.82) is 0 Å². The SMILES string of the molecule is CCCCn1ncc(NCc2cccnc2)c(Cl)c1=O. The first kappa shape index (κ1) is 14.5. The molecule has 2 heterocycles. The van der Waals surface area contributed by atoms with Crippen LogP contribution in [0.3, 0.4) is 0 Å². The van der Waals surface area contributed by atoms with Gasteiger partial charge in [0.2, 0.25) is 0 Å². The Morgan fingerprint density at radius 3 is 2.95 bits per heavy atom.